The Balaban J connectivity index is 1.14. The Labute approximate surface area is 240 Å². The first kappa shape index (κ1) is 28.0. The van der Waals surface area contributed by atoms with Crippen LogP contribution in [0.15, 0.2) is 48.5 Å². The average Bonchev–Trinajstić information content (AvgIpc) is 3.63. The number of nitrogens with one attached hydrogen (secondary N) is 2. The Bertz CT molecular complexity index is 1360. The molecule has 0 unspecified atom stereocenters. The van der Waals surface area contributed by atoms with Gasteiger partial charge in [-0.15, -0.1) is 20.4 Å². The van der Waals surface area contributed by atoms with E-state index in [0.29, 0.717) is 23.4 Å². The Morgan fingerprint density at radius 3 is 1.62 bits per heavy atom. The Morgan fingerprint density at radius 1 is 0.725 bits per heavy atom. The van der Waals surface area contributed by atoms with Gasteiger partial charge in [0.25, 0.3) is 0 Å². The molecule has 1 saturated carbocycles. The summed E-state index contributed by atoms with van der Waals surface area (Å²) in [6, 6.07) is 15.4. The van der Waals surface area contributed by atoms with Gasteiger partial charge in [-0.3, -0.25) is 9.59 Å². The molecule has 2 aromatic carbocycles. The predicted octanol–water partition coefficient (Wildman–Crippen LogP) is 4.11. The molecule has 5 rings (SSSR count). The van der Waals surface area contributed by atoms with Crippen LogP contribution in [0.3, 0.4) is 0 Å². The molecule has 208 valence electrons. The second-order valence-electron chi connectivity index (χ2n) is 9.95. The van der Waals surface area contributed by atoms with Crippen molar-refractivity contribution < 1.29 is 9.59 Å². The highest BCUT2D eigenvalue weighted by Gasteiger charge is 2.29. The number of hydrogen-bond donors (Lipinski definition) is 4. The number of anilines is 2. The first-order valence-corrected chi connectivity index (χ1v) is 14.9. The molecule has 0 aliphatic heterocycles. The number of hydrogen-bond acceptors (Lipinski definition) is 10. The second kappa shape index (κ2) is 13.2. The van der Waals surface area contributed by atoms with Gasteiger partial charge in [-0.05, 0) is 41.5 Å². The number of rotatable bonds is 10. The molecule has 0 spiro atoms. The van der Waals surface area contributed by atoms with Crippen LogP contribution in [0.2, 0.25) is 0 Å². The van der Waals surface area contributed by atoms with E-state index in [2.05, 4.69) is 31.0 Å². The zero-order valence-electron chi connectivity index (χ0n) is 22.0. The predicted molar refractivity (Wildman–Crippen MR) is 157 cm³/mol. The third-order valence-electron chi connectivity index (χ3n) is 6.93. The van der Waals surface area contributed by atoms with Crippen molar-refractivity contribution in [2.45, 2.75) is 63.5 Å². The van der Waals surface area contributed by atoms with E-state index in [1.807, 2.05) is 48.5 Å². The van der Waals surface area contributed by atoms with E-state index < -0.39 is 0 Å². The van der Waals surface area contributed by atoms with Crippen LogP contribution in [0.25, 0.3) is 0 Å². The van der Waals surface area contributed by atoms with E-state index in [0.717, 1.165) is 58.0 Å². The van der Waals surface area contributed by atoms with Crippen LogP contribution in [-0.4, -0.2) is 32.2 Å². The summed E-state index contributed by atoms with van der Waals surface area (Å²) in [4.78, 5) is 25.1. The zero-order valence-corrected chi connectivity index (χ0v) is 23.6. The maximum Gasteiger partial charge on any atom is 0.230 e. The first-order chi connectivity index (χ1) is 19.5. The molecule has 2 heterocycles. The minimum Gasteiger partial charge on any atom is -0.326 e. The van der Waals surface area contributed by atoms with Crippen molar-refractivity contribution in [1.29, 1.82) is 0 Å². The summed E-state index contributed by atoms with van der Waals surface area (Å²) in [6.45, 7) is 0.879. The normalized spacial score (nSPS) is 16.9. The Morgan fingerprint density at radius 2 is 1.18 bits per heavy atom. The fourth-order valence-electron chi connectivity index (χ4n) is 4.97. The van der Waals surface area contributed by atoms with Crippen molar-refractivity contribution in [2.24, 2.45) is 11.5 Å². The summed E-state index contributed by atoms with van der Waals surface area (Å²) >= 11 is 2.86. The van der Waals surface area contributed by atoms with Crippen molar-refractivity contribution >= 4 is 44.8 Å². The van der Waals surface area contributed by atoms with Crippen molar-refractivity contribution in [3.8, 4) is 0 Å². The monoisotopic (exact) mass is 576 g/mol. The number of nitrogens with zero attached hydrogens (tertiary/aromatic N) is 4. The van der Waals surface area contributed by atoms with Gasteiger partial charge in [0.2, 0.25) is 22.1 Å². The lowest BCUT2D eigenvalue weighted by atomic mass is 9.82. The molecule has 2 aromatic heterocycles. The quantitative estimate of drug-likeness (QED) is 0.219. The highest BCUT2D eigenvalue weighted by molar-refractivity contribution is 7.15. The Kier molecular flexibility index (Phi) is 9.22. The summed E-state index contributed by atoms with van der Waals surface area (Å²) in [5.74, 6) is 0.211. The minimum absolute atomic E-state index is 0.131. The van der Waals surface area contributed by atoms with Crippen LogP contribution in [0.1, 0.15) is 69.8 Å². The van der Waals surface area contributed by atoms with Gasteiger partial charge in [-0.2, -0.15) is 0 Å². The molecule has 0 bridgehead atoms. The van der Waals surface area contributed by atoms with E-state index in [1.54, 1.807) is 0 Å². The van der Waals surface area contributed by atoms with E-state index in [1.165, 1.54) is 22.7 Å². The lowest BCUT2D eigenvalue weighted by molar-refractivity contribution is -0.116. The van der Waals surface area contributed by atoms with Crippen LogP contribution in [-0.2, 0) is 35.5 Å². The number of nitrogens with two attached hydrogens (primary N) is 2. The van der Waals surface area contributed by atoms with Crippen LogP contribution in [0.5, 0.6) is 0 Å². The third kappa shape index (κ3) is 7.33. The van der Waals surface area contributed by atoms with E-state index >= 15 is 0 Å². The molecule has 10 nitrogen and oxygen atoms in total. The lowest BCUT2D eigenvalue weighted by Gasteiger charge is -2.25. The number of amides is 2. The van der Waals surface area contributed by atoms with Crippen LogP contribution in [0.4, 0.5) is 10.3 Å². The fraction of sp³-hybridized carbons (Fsp3) is 0.357. The number of benzene rings is 2. The van der Waals surface area contributed by atoms with E-state index in [9.17, 15) is 9.59 Å². The lowest BCUT2D eigenvalue weighted by Crippen LogP contribution is -2.14. The highest BCUT2D eigenvalue weighted by atomic mass is 32.1. The van der Waals surface area contributed by atoms with Crippen molar-refractivity contribution in [2.75, 3.05) is 10.6 Å². The highest BCUT2D eigenvalue weighted by Crippen LogP contribution is 2.43. The average molecular weight is 577 g/mol. The molecule has 1 aliphatic rings. The molecule has 1 fully saturated rings. The fourth-order valence-corrected chi connectivity index (χ4v) is 6.78. The molecule has 2 atom stereocenters. The zero-order chi connectivity index (χ0) is 27.9. The van der Waals surface area contributed by atoms with Crippen molar-refractivity contribution in [3.05, 3.63) is 80.8 Å². The summed E-state index contributed by atoms with van der Waals surface area (Å²) in [5.41, 5.74) is 15.2. The molecule has 12 heteroatoms. The molecular weight excluding hydrogens is 544 g/mol. The minimum atomic E-state index is -0.131. The summed E-state index contributed by atoms with van der Waals surface area (Å²) < 4.78 is 0. The number of carbonyl (C=O) groups excluding carboxylic acids is 2. The third-order valence-corrected chi connectivity index (χ3v) is 8.93. The van der Waals surface area contributed by atoms with Gasteiger partial charge < -0.3 is 22.1 Å². The molecule has 0 saturated heterocycles. The van der Waals surface area contributed by atoms with Gasteiger partial charge in [0, 0.05) is 24.9 Å². The SMILES string of the molecule is NCc1cccc(CC(=O)Nc2nnc([C@H]3CCC[C@H](c4nnc(NC(=O)Cc5cccc(CN)c5)s4)C3)s2)c1. The maximum absolute atomic E-state index is 12.6. The van der Waals surface area contributed by atoms with Gasteiger partial charge in [0.1, 0.15) is 10.0 Å². The molecule has 40 heavy (non-hydrogen) atoms. The van der Waals surface area contributed by atoms with Crippen LogP contribution < -0.4 is 22.1 Å². The molecule has 4 aromatic rings. The van der Waals surface area contributed by atoms with Gasteiger partial charge in [0.15, 0.2) is 0 Å². The smallest absolute Gasteiger partial charge is 0.230 e. The van der Waals surface area contributed by atoms with Gasteiger partial charge in [-0.1, -0.05) is 77.6 Å². The van der Waals surface area contributed by atoms with Crippen molar-refractivity contribution in [1.82, 2.24) is 20.4 Å². The summed E-state index contributed by atoms with van der Waals surface area (Å²) in [5, 5.41) is 25.9. The van der Waals surface area contributed by atoms with Gasteiger partial charge in [0.05, 0.1) is 12.8 Å². The first-order valence-electron chi connectivity index (χ1n) is 13.3. The number of carbonyl (C=O) groups is 2. The Hall–Kier alpha value is -3.58. The molecule has 2 amide bonds. The molecular formula is C28H32N8O2S2. The van der Waals surface area contributed by atoms with Crippen LogP contribution >= 0.6 is 22.7 Å². The van der Waals surface area contributed by atoms with Crippen LogP contribution in [0, 0.1) is 0 Å². The standard InChI is InChI=1S/C28H32N8O2S2/c29-15-19-6-1-4-17(10-19)12-23(37)31-27-35-33-25(39-27)21-8-3-9-22(14-21)26-34-36-28(40-26)32-24(38)13-18-5-2-7-20(11-18)16-30/h1-2,4-7,10-11,21-22H,3,8-9,12-16,29-30H2,(H,31,35,37)(H,32,36,38)/t21-,22-/m0/s1. The van der Waals surface area contributed by atoms with Gasteiger partial charge >= 0.3 is 0 Å². The van der Waals surface area contributed by atoms with E-state index in [-0.39, 0.29) is 36.5 Å². The number of aromatic nitrogens is 4. The maximum atomic E-state index is 12.6. The molecule has 6 N–H and O–H groups in total. The second-order valence-corrected chi connectivity index (χ2v) is 12.0. The molecule has 1 aliphatic carbocycles. The molecule has 0 radical (unpaired) electrons. The topological polar surface area (TPSA) is 162 Å². The van der Waals surface area contributed by atoms with Gasteiger partial charge in [-0.25, -0.2) is 0 Å². The van der Waals surface area contributed by atoms with E-state index in [4.69, 9.17) is 11.5 Å². The van der Waals surface area contributed by atoms with Crippen molar-refractivity contribution in [3.63, 3.8) is 0 Å². The largest absolute Gasteiger partial charge is 0.326 e. The summed E-state index contributed by atoms with van der Waals surface area (Å²) in [6.07, 6.45) is 4.44. The summed E-state index contributed by atoms with van der Waals surface area (Å²) in [7, 11) is 0.